The van der Waals surface area contributed by atoms with Crippen LogP contribution in [0.3, 0.4) is 0 Å². The van der Waals surface area contributed by atoms with Crippen molar-refractivity contribution in [3.63, 3.8) is 0 Å². The van der Waals surface area contributed by atoms with Gasteiger partial charge in [0.15, 0.2) is 5.82 Å². The van der Waals surface area contributed by atoms with Gasteiger partial charge < -0.3 is 20.5 Å². The van der Waals surface area contributed by atoms with E-state index in [-0.39, 0.29) is 30.9 Å². The molecule has 3 rings (SSSR count). The first kappa shape index (κ1) is 19.9. The number of nitrogens with one attached hydrogen (secondary N) is 3. The first-order chi connectivity index (χ1) is 13.7. The Kier molecular flexibility index (Phi) is 7.00. The highest BCUT2D eigenvalue weighted by Gasteiger charge is 2.16. The van der Waals surface area contributed by atoms with Crippen molar-refractivity contribution < 1.29 is 14.1 Å². The minimum absolute atomic E-state index is 0.0226. The lowest BCUT2D eigenvalue weighted by atomic mass is 9.95. The monoisotopic (exact) mass is 385 g/mol. The topological polar surface area (TPSA) is 109 Å². The zero-order valence-corrected chi connectivity index (χ0v) is 16.2. The second kappa shape index (κ2) is 9.87. The number of benzene rings is 1. The highest BCUT2D eigenvalue weighted by molar-refractivity contribution is 5.93. The van der Waals surface area contributed by atoms with Crippen molar-refractivity contribution in [1.82, 2.24) is 20.8 Å². The van der Waals surface area contributed by atoms with E-state index in [1.807, 2.05) is 19.1 Å². The highest BCUT2D eigenvalue weighted by Crippen LogP contribution is 2.26. The molecule has 3 N–H and O–H groups in total. The van der Waals surface area contributed by atoms with E-state index in [9.17, 15) is 9.59 Å². The molecule has 1 aromatic heterocycles. The van der Waals surface area contributed by atoms with E-state index in [1.54, 1.807) is 12.1 Å². The Bertz CT molecular complexity index is 799. The molecule has 0 bridgehead atoms. The number of rotatable bonds is 7. The van der Waals surface area contributed by atoms with Crippen LogP contribution in [0.4, 0.5) is 10.5 Å². The van der Waals surface area contributed by atoms with Gasteiger partial charge in [0.25, 0.3) is 5.89 Å². The second-order valence-electron chi connectivity index (χ2n) is 6.95. The Morgan fingerprint density at radius 2 is 1.96 bits per heavy atom. The lowest BCUT2D eigenvalue weighted by Crippen LogP contribution is -2.38. The fourth-order valence-corrected chi connectivity index (χ4v) is 3.29. The number of nitrogens with zero attached hydrogens (tertiary/aromatic N) is 2. The quantitative estimate of drug-likeness (QED) is 0.678. The largest absolute Gasteiger partial charge is 0.353 e. The van der Waals surface area contributed by atoms with Crippen molar-refractivity contribution in [3.8, 4) is 11.5 Å². The molecule has 1 aromatic carbocycles. The normalized spacial score (nSPS) is 14.5. The van der Waals surface area contributed by atoms with Crippen LogP contribution in [0.25, 0.3) is 11.5 Å². The second-order valence-corrected chi connectivity index (χ2v) is 6.95. The fourth-order valence-electron chi connectivity index (χ4n) is 3.29. The molecule has 1 saturated carbocycles. The molecule has 8 nitrogen and oxygen atoms in total. The summed E-state index contributed by atoms with van der Waals surface area (Å²) in [6.45, 7) is 2.21. The molecule has 0 spiro atoms. The van der Waals surface area contributed by atoms with Gasteiger partial charge in [-0.3, -0.25) is 4.79 Å². The molecule has 1 heterocycles. The Labute approximate surface area is 164 Å². The Morgan fingerprint density at radius 3 is 2.71 bits per heavy atom. The number of urea groups is 1. The summed E-state index contributed by atoms with van der Waals surface area (Å²) in [7, 11) is 0. The summed E-state index contributed by atoms with van der Waals surface area (Å²) in [5.74, 6) is 0.948. The van der Waals surface area contributed by atoms with Crippen LogP contribution in [0.1, 0.15) is 51.3 Å². The van der Waals surface area contributed by atoms with Crippen LogP contribution < -0.4 is 16.0 Å². The van der Waals surface area contributed by atoms with Gasteiger partial charge in [-0.2, -0.15) is 4.98 Å². The molecule has 0 radical (unpaired) electrons. The van der Waals surface area contributed by atoms with Gasteiger partial charge in [0, 0.05) is 25.4 Å². The first-order valence-corrected chi connectivity index (χ1v) is 9.92. The molecular weight excluding hydrogens is 358 g/mol. The summed E-state index contributed by atoms with van der Waals surface area (Å²) >= 11 is 0. The van der Waals surface area contributed by atoms with Crippen molar-refractivity contribution in [3.05, 3.63) is 30.1 Å². The average Bonchev–Trinajstić information content (AvgIpc) is 3.18. The number of hydrogen-bond acceptors (Lipinski definition) is 5. The van der Waals surface area contributed by atoms with Crippen molar-refractivity contribution in [2.75, 3.05) is 11.9 Å². The van der Waals surface area contributed by atoms with Gasteiger partial charge >= 0.3 is 6.03 Å². The van der Waals surface area contributed by atoms with Gasteiger partial charge in [-0.25, -0.2) is 4.79 Å². The van der Waals surface area contributed by atoms with E-state index in [0.29, 0.717) is 29.4 Å². The number of anilines is 1. The molecule has 1 aliphatic carbocycles. The Morgan fingerprint density at radius 1 is 1.18 bits per heavy atom. The first-order valence-electron chi connectivity index (χ1n) is 9.92. The molecule has 3 amide bonds. The van der Waals surface area contributed by atoms with Crippen LogP contribution in [0.2, 0.25) is 0 Å². The maximum atomic E-state index is 12.2. The summed E-state index contributed by atoms with van der Waals surface area (Å²) in [6.07, 6.45) is 6.61. The summed E-state index contributed by atoms with van der Waals surface area (Å²) in [5.41, 5.74) is 1.22. The Balaban J connectivity index is 1.48. The van der Waals surface area contributed by atoms with Gasteiger partial charge in [0.05, 0.1) is 11.3 Å². The smallest absolute Gasteiger partial charge is 0.319 e. The standard InChI is InChI=1S/C20H27N5O3/c1-2-17-24-19(28-25-17)15-10-6-7-11-16(15)23-20(27)21-13-12-18(26)22-14-8-4-3-5-9-14/h6-7,10-11,14H,2-5,8-9,12-13H2,1H3,(H,22,26)(H2,21,23,27). The molecule has 150 valence electrons. The summed E-state index contributed by atoms with van der Waals surface area (Å²) in [5, 5.41) is 12.4. The fraction of sp³-hybridized carbons (Fsp3) is 0.500. The van der Waals surface area contributed by atoms with Crippen molar-refractivity contribution in [1.29, 1.82) is 0 Å². The molecule has 2 aromatic rings. The lowest BCUT2D eigenvalue weighted by Gasteiger charge is -2.22. The predicted octanol–water partition coefficient (Wildman–Crippen LogP) is 3.26. The molecule has 0 unspecified atom stereocenters. The van der Waals surface area contributed by atoms with E-state index >= 15 is 0 Å². The molecule has 1 aliphatic rings. The van der Waals surface area contributed by atoms with Crippen LogP contribution in [0.15, 0.2) is 28.8 Å². The number of hydrogen-bond donors (Lipinski definition) is 3. The van der Waals surface area contributed by atoms with Gasteiger partial charge in [-0.1, -0.05) is 43.5 Å². The zero-order valence-electron chi connectivity index (χ0n) is 16.2. The summed E-state index contributed by atoms with van der Waals surface area (Å²) < 4.78 is 5.26. The van der Waals surface area contributed by atoms with Gasteiger partial charge in [-0.05, 0) is 25.0 Å². The summed E-state index contributed by atoms with van der Waals surface area (Å²) in [6, 6.07) is 7.12. The van der Waals surface area contributed by atoms with Crippen LogP contribution >= 0.6 is 0 Å². The van der Waals surface area contributed by atoms with Crippen molar-refractivity contribution in [2.45, 2.75) is 57.9 Å². The molecule has 0 aliphatic heterocycles. The van der Waals surface area contributed by atoms with E-state index in [0.717, 1.165) is 12.8 Å². The third-order valence-electron chi connectivity index (χ3n) is 4.80. The zero-order chi connectivity index (χ0) is 19.8. The van der Waals surface area contributed by atoms with Crippen LogP contribution in [0, 0.1) is 0 Å². The number of carbonyl (C=O) groups is 2. The predicted molar refractivity (Wildman–Crippen MR) is 106 cm³/mol. The third kappa shape index (κ3) is 5.55. The van der Waals surface area contributed by atoms with Gasteiger partial charge in [0.1, 0.15) is 0 Å². The Hall–Kier alpha value is -2.90. The maximum Gasteiger partial charge on any atom is 0.319 e. The highest BCUT2D eigenvalue weighted by atomic mass is 16.5. The number of aromatic nitrogens is 2. The third-order valence-corrected chi connectivity index (χ3v) is 4.80. The number of aryl methyl sites for hydroxylation is 1. The number of amides is 3. The minimum atomic E-state index is -0.381. The molecule has 1 fully saturated rings. The van der Waals surface area contributed by atoms with Crippen LogP contribution in [0.5, 0.6) is 0 Å². The van der Waals surface area contributed by atoms with Crippen LogP contribution in [-0.4, -0.2) is 34.7 Å². The summed E-state index contributed by atoms with van der Waals surface area (Å²) in [4.78, 5) is 28.5. The minimum Gasteiger partial charge on any atom is -0.353 e. The molecule has 28 heavy (non-hydrogen) atoms. The van der Waals surface area contributed by atoms with Crippen molar-refractivity contribution in [2.24, 2.45) is 0 Å². The SMILES string of the molecule is CCc1noc(-c2ccccc2NC(=O)NCCC(=O)NC2CCCCC2)n1. The van der Waals surface area contributed by atoms with E-state index in [2.05, 4.69) is 26.1 Å². The molecule has 0 atom stereocenters. The van der Waals surface area contributed by atoms with Gasteiger partial charge in [0.2, 0.25) is 5.91 Å². The van der Waals surface area contributed by atoms with Crippen molar-refractivity contribution >= 4 is 17.6 Å². The maximum absolute atomic E-state index is 12.2. The molecule has 8 heteroatoms. The van der Waals surface area contributed by atoms with E-state index < -0.39 is 0 Å². The number of para-hydroxylation sites is 1. The average molecular weight is 385 g/mol. The number of carbonyl (C=O) groups excluding carboxylic acids is 2. The van der Waals surface area contributed by atoms with E-state index in [1.165, 1.54) is 19.3 Å². The molecular formula is C20H27N5O3. The van der Waals surface area contributed by atoms with Crippen LogP contribution in [-0.2, 0) is 11.2 Å². The lowest BCUT2D eigenvalue weighted by molar-refractivity contribution is -0.121. The van der Waals surface area contributed by atoms with Gasteiger partial charge in [-0.15, -0.1) is 0 Å². The van der Waals surface area contributed by atoms with E-state index in [4.69, 9.17) is 4.52 Å². The molecule has 0 saturated heterocycles.